The average molecular weight is 180 g/mol. The van der Waals surface area contributed by atoms with Crippen molar-refractivity contribution in [3.8, 4) is 0 Å². The molecule has 0 nitrogen and oxygen atoms in total. The summed E-state index contributed by atoms with van der Waals surface area (Å²) in [6, 6.07) is 0. The van der Waals surface area contributed by atoms with E-state index in [-0.39, 0.29) is 17.1 Å². The van der Waals surface area contributed by atoms with Crippen molar-refractivity contribution in [2.24, 2.45) is 0 Å². The van der Waals surface area contributed by atoms with Gasteiger partial charge in [-0.2, -0.15) is 0 Å². The Hall–Kier alpha value is 0.623. The van der Waals surface area contributed by atoms with Gasteiger partial charge in [0.2, 0.25) is 0 Å². The van der Waals surface area contributed by atoms with E-state index in [0.29, 0.717) is 0 Å². The molecule has 0 bridgehead atoms. The molecule has 0 heterocycles. The quantitative estimate of drug-likeness (QED) is 0.433. The van der Waals surface area contributed by atoms with Gasteiger partial charge in [-0.15, -0.1) is 0 Å². The standard InChI is InChI=1S/2C4H9.Zn/c2*1-3-4-2;/h2*1,3-4H2,2H3;. The third kappa shape index (κ3) is 8.62. The van der Waals surface area contributed by atoms with Crippen molar-refractivity contribution in [2.45, 2.75) is 49.6 Å². The van der Waals surface area contributed by atoms with E-state index < -0.39 is 0 Å². The van der Waals surface area contributed by atoms with Crippen LogP contribution in [0.25, 0.3) is 0 Å². The van der Waals surface area contributed by atoms with Gasteiger partial charge >= 0.3 is 66.7 Å². The number of unbranched alkanes of at least 4 members (excludes halogenated alkanes) is 2. The Morgan fingerprint density at radius 3 is 1.67 bits per heavy atom. The predicted octanol–water partition coefficient (Wildman–Crippen LogP) is 3.51. The molecule has 0 aromatic rings. The van der Waals surface area contributed by atoms with Crippen LogP contribution >= 0.6 is 0 Å². The van der Waals surface area contributed by atoms with Crippen LogP contribution in [0.1, 0.15) is 39.5 Å². The van der Waals surface area contributed by atoms with Gasteiger partial charge < -0.3 is 0 Å². The van der Waals surface area contributed by atoms with Crippen molar-refractivity contribution >= 4 is 0 Å². The zero-order chi connectivity index (χ0) is 6.95. The molecule has 0 rings (SSSR count). The molecule has 52 valence electrons. The Morgan fingerprint density at radius 2 is 1.33 bits per heavy atom. The van der Waals surface area contributed by atoms with Gasteiger partial charge in [-0.05, 0) is 0 Å². The average Bonchev–Trinajstić information content (AvgIpc) is 1.89. The van der Waals surface area contributed by atoms with E-state index in [0.717, 1.165) is 0 Å². The Bertz CT molecular complexity index is 37.8. The zero-order valence-electron chi connectivity index (χ0n) is 6.95. The SMILES string of the molecule is CCC[CH2][Zn][CH2]CCC. The normalized spacial score (nSPS) is 9.11. The summed E-state index contributed by atoms with van der Waals surface area (Å²) in [5, 5.41) is 3.28. The van der Waals surface area contributed by atoms with E-state index in [9.17, 15) is 0 Å². The molecule has 0 atom stereocenters. The zero-order valence-corrected chi connectivity index (χ0v) is 9.92. The summed E-state index contributed by atoms with van der Waals surface area (Å²) >= 11 is 0.0146. The van der Waals surface area contributed by atoms with Gasteiger partial charge in [-0.1, -0.05) is 0 Å². The minimum atomic E-state index is 0.0146. The molecule has 0 amide bonds. The van der Waals surface area contributed by atoms with E-state index in [1.807, 2.05) is 0 Å². The summed E-state index contributed by atoms with van der Waals surface area (Å²) < 4.78 is 0. The molecule has 0 saturated heterocycles. The van der Waals surface area contributed by atoms with Crippen LogP contribution < -0.4 is 0 Å². The summed E-state index contributed by atoms with van der Waals surface area (Å²) in [6.45, 7) is 4.59. The topological polar surface area (TPSA) is 0 Å². The fraction of sp³-hybridized carbons (Fsp3) is 1.00. The second-order valence-corrected chi connectivity index (χ2v) is 7.22. The van der Waals surface area contributed by atoms with Crippen LogP contribution in [0.4, 0.5) is 0 Å². The second kappa shape index (κ2) is 8.62. The predicted molar refractivity (Wildman–Crippen MR) is 39.4 cm³/mol. The fourth-order valence-corrected chi connectivity index (χ4v) is 5.35. The summed E-state index contributed by atoms with van der Waals surface area (Å²) in [6.07, 6.45) is 5.86. The van der Waals surface area contributed by atoms with Crippen molar-refractivity contribution < 1.29 is 17.1 Å². The third-order valence-corrected chi connectivity index (χ3v) is 5.90. The van der Waals surface area contributed by atoms with Crippen molar-refractivity contribution in [3.63, 3.8) is 0 Å². The maximum absolute atomic E-state index is 2.29. The van der Waals surface area contributed by atoms with Crippen LogP contribution in [0.2, 0.25) is 10.0 Å². The van der Waals surface area contributed by atoms with Gasteiger partial charge in [0.15, 0.2) is 0 Å². The van der Waals surface area contributed by atoms with Crippen molar-refractivity contribution in [1.29, 1.82) is 0 Å². The van der Waals surface area contributed by atoms with Crippen molar-refractivity contribution in [2.75, 3.05) is 0 Å². The molecule has 0 aliphatic heterocycles. The van der Waals surface area contributed by atoms with Crippen LogP contribution in [0.3, 0.4) is 0 Å². The molecule has 0 aliphatic carbocycles. The first kappa shape index (κ1) is 9.62. The van der Waals surface area contributed by atoms with Crippen LogP contribution in [-0.4, -0.2) is 0 Å². The molecule has 1 heteroatoms. The molecule has 9 heavy (non-hydrogen) atoms. The van der Waals surface area contributed by atoms with Crippen LogP contribution in [0.15, 0.2) is 0 Å². The summed E-state index contributed by atoms with van der Waals surface area (Å²) in [5.74, 6) is 0. The van der Waals surface area contributed by atoms with Crippen LogP contribution in [0.5, 0.6) is 0 Å². The third-order valence-electron chi connectivity index (χ3n) is 1.71. The van der Waals surface area contributed by atoms with E-state index in [4.69, 9.17) is 0 Å². The maximum atomic E-state index is 2.29. The molecule has 0 N–H and O–H groups in total. The van der Waals surface area contributed by atoms with Crippen molar-refractivity contribution in [3.05, 3.63) is 0 Å². The molecule has 0 aromatic heterocycles. The van der Waals surface area contributed by atoms with Gasteiger partial charge in [0, 0.05) is 0 Å². The number of hydrogen-bond donors (Lipinski definition) is 0. The van der Waals surface area contributed by atoms with Gasteiger partial charge in [0.1, 0.15) is 0 Å². The molecular formula is C8H18Zn. The van der Waals surface area contributed by atoms with Gasteiger partial charge in [0.05, 0.1) is 0 Å². The molecule has 0 spiro atoms. The van der Waals surface area contributed by atoms with Gasteiger partial charge in [0.25, 0.3) is 0 Å². The monoisotopic (exact) mass is 178 g/mol. The second-order valence-electron chi connectivity index (χ2n) is 2.77. The van der Waals surface area contributed by atoms with Gasteiger partial charge in [-0.3, -0.25) is 0 Å². The number of hydrogen-bond acceptors (Lipinski definition) is 0. The number of rotatable bonds is 6. The molecule has 0 aliphatic rings. The van der Waals surface area contributed by atoms with Gasteiger partial charge in [-0.25, -0.2) is 0 Å². The molecule has 0 fully saturated rings. The Balaban J connectivity index is 2.60. The molecule has 0 unspecified atom stereocenters. The minimum absolute atomic E-state index is 0.0146. The Morgan fingerprint density at radius 1 is 0.889 bits per heavy atom. The van der Waals surface area contributed by atoms with E-state index in [2.05, 4.69) is 13.8 Å². The van der Waals surface area contributed by atoms with Crippen LogP contribution in [-0.2, 0) is 17.1 Å². The van der Waals surface area contributed by atoms with E-state index in [1.54, 1.807) is 10.0 Å². The first-order valence-corrected chi connectivity index (χ1v) is 8.61. The van der Waals surface area contributed by atoms with Crippen molar-refractivity contribution in [1.82, 2.24) is 0 Å². The first-order valence-electron chi connectivity index (χ1n) is 4.41. The molecule has 0 radical (unpaired) electrons. The Labute approximate surface area is 67.0 Å². The summed E-state index contributed by atoms with van der Waals surface area (Å²) in [7, 11) is 0. The summed E-state index contributed by atoms with van der Waals surface area (Å²) in [5.41, 5.74) is 0. The van der Waals surface area contributed by atoms with E-state index >= 15 is 0 Å². The molecule has 0 aromatic carbocycles. The Kier molecular flexibility index (Phi) is 9.22. The molecular weight excluding hydrogens is 161 g/mol. The fourth-order valence-electron chi connectivity index (χ4n) is 1.03. The molecule has 0 saturated carbocycles. The summed E-state index contributed by atoms with van der Waals surface area (Å²) in [4.78, 5) is 0. The first-order chi connectivity index (χ1) is 4.41. The van der Waals surface area contributed by atoms with E-state index in [1.165, 1.54) is 25.7 Å². The van der Waals surface area contributed by atoms with Crippen LogP contribution in [0, 0.1) is 0 Å².